The van der Waals surface area contributed by atoms with Crippen LogP contribution < -0.4 is 8.92 Å². The molecule has 0 saturated carbocycles. The molecule has 0 radical (unpaired) electrons. The first kappa shape index (κ1) is 17.1. The molecule has 1 unspecified atom stereocenters. The van der Waals surface area contributed by atoms with Crippen LogP contribution in [0, 0.1) is 0 Å². The quantitative estimate of drug-likeness (QED) is 0.637. The Labute approximate surface area is 153 Å². The maximum atomic E-state index is 2.60. The summed E-state index contributed by atoms with van der Waals surface area (Å²) in [5.74, 6) is 0. The summed E-state index contributed by atoms with van der Waals surface area (Å²) in [5, 5.41) is 0. The van der Waals surface area contributed by atoms with Crippen LogP contribution in [0.5, 0.6) is 0 Å². The molecule has 1 aliphatic rings. The molecule has 3 rings (SSSR count). The predicted molar refractivity (Wildman–Crippen MR) is 103 cm³/mol. The van der Waals surface area contributed by atoms with Crippen LogP contribution in [0.1, 0.15) is 38.5 Å². The van der Waals surface area contributed by atoms with Gasteiger partial charge >= 0.3 is 153 Å². The number of hydrogen-bond acceptors (Lipinski definition) is 0. The molecule has 0 nitrogen and oxygen atoms in total. The van der Waals surface area contributed by atoms with Crippen LogP contribution in [0.15, 0.2) is 71.2 Å². The van der Waals surface area contributed by atoms with E-state index in [1.165, 1.54) is 43.0 Å². The third-order valence-electron chi connectivity index (χ3n) is 4.08. The minimum atomic E-state index is 0.493. The molecule has 0 fully saturated rings. The van der Waals surface area contributed by atoms with Gasteiger partial charge in [0.05, 0.1) is 0 Å². The molecule has 0 bridgehead atoms. The van der Waals surface area contributed by atoms with E-state index in [-0.39, 0.29) is 0 Å². The molecule has 0 amide bonds. The van der Waals surface area contributed by atoms with E-state index in [1.54, 1.807) is 8.93 Å². The van der Waals surface area contributed by atoms with Gasteiger partial charge in [0.1, 0.15) is 0 Å². The van der Waals surface area contributed by atoms with Crippen molar-refractivity contribution < 1.29 is 0 Å². The summed E-state index contributed by atoms with van der Waals surface area (Å²) in [5.41, 5.74) is 0. The third-order valence-corrected chi connectivity index (χ3v) is 10.1. The number of benzene rings is 2. The Bertz CT molecular complexity index is 604. The Hall–Kier alpha value is -0.781. The summed E-state index contributed by atoms with van der Waals surface area (Å²) in [6, 6.07) is 22.3. The van der Waals surface area contributed by atoms with Crippen molar-refractivity contribution in [1.29, 1.82) is 0 Å². The molecular weight excluding hydrogens is 410 g/mol. The van der Waals surface area contributed by atoms with Gasteiger partial charge in [0.15, 0.2) is 0 Å². The fourth-order valence-corrected chi connectivity index (χ4v) is 8.43. The average molecular weight is 434 g/mol. The zero-order valence-electron chi connectivity index (χ0n) is 13.5. The topological polar surface area (TPSA) is 0 Å². The number of hydrogen-bond donors (Lipinski definition) is 0. The normalized spacial score (nSPS) is 21.6. The van der Waals surface area contributed by atoms with Crippen molar-refractivity contribution in [3.05, 3.63) is 71.2 Å². The molecule has 2 heteroatoms. The monoisotopic (exact) mass is 436 g/mol. The number of allylic oxidation sites excluding steroid dienone is 2. The SMILES string of the molecule is C1=C(/[Se]c2ccccc2)C([Se]c2ccccc2)CCCCCC/1. The van der Waals surface area contributed by atoms with Crippen LogP contribution in [0.3, 0.4) is 0 Å². The van der Waals surface area contributed by atoms with E-state index in [4.69, 9.17) is 0 Å². The second-order valence-corrected chi connectivity index (χ2v) is 11.0. The van der Waals surface area contributed by atoms with Crippen LogP contribution in [0.4, 0.5) is 0 Å². The molecule has 0 N–H and O–H groups in total. The fourth-order valence-electron chi connectivity index (χ4n) is 2.86. The second kappa shape index (κ2) is 9.50. The molecule has 0 aliphatic heterocycles. The van der Waals surface area contributed by atoms with Gasteiger partial charge in [0.25, 0.3) is 0 Å². The van der Waals surface area contributed by atoms with E-state index in [0.717, 1.165) is 4.82 Å². The summed E-state index contributed by atoms with van der Waals surface area (Å²) in [7, 11) is 0. The van der Waals surface area contributed by atoms with Crippen molar-refractivity contribution in [2.24, 2.45) is 0 Å². The Morgan fingerprint density at radius 2 is 1.35 bits per heavy atom. The maximum absolute atomic E-state index is 2.60. The van der Waals surface area contributed by atoms with Crippen LogP contribution in [-0.4, -0.2) is 29.9 Å². The van der Waals surface area contributed by atoms with Crippen molar-refractivity contribution in [2.45, 2.75) is 43.3 Å². The van der Waals surface area contributed by atoms with Crippen molar-refractivity contribution in [3.63, 3.8) is 0 Å². The van der Waals surface area contributed by atoms with Crippen molar-refractivity contribution in [3.8, 4) is 0 Å². The van der Waals surface area contributed by atoms with Gasteiger partial charge in [-0.2, -0.15) is 0 Å². The van der Waals surface area contributed by atoms with Gasteiger partial charge in [-0.05, 0) is 0 Å². The average Bonchev–Trinajstić information content (AvgIpc) is 2.70. The van der Waals surface area contributed by atoms with Gasteiger partial charge in [-0.15, -0.1) is 0 Å². The number of rotatable bonds is 4. The summed E-state index contributed by atoms with van der Waals surface area (Å²) >= 11 is 1.06. The molecule has 2 aromatic rings. The first-order valence-corrected chi connectivity index (χ1v) is 12.1. The zero-order valence-corrected chi connectivity index (χ0v) is 16.9. The summed E-state index contributed by atoms with van der Waals surface area (Å²) in [4.78, 5) is 0.795. The molecule has 0 spiro atoms. The van der Waals surface area contributed by atoms with E-state index in [1.807, 2.05) is 0 Å². The van der Waals surface area contributed by atoms with Gasteiger partial charge in [0.2, 0.25) is 0 Å². The van der Waals surface area contributed by atoms with Gasteiger partial charge in [-0.1, -0.05) is 0 Å². The first-order valence-electron chi connectivity index (χ1n) is 8.56. The molecular formula is C21H24Se2. The first-order chi connectivity index (χ1) is 11.4. The van der Waals surface area contributed by atoms with Crippen LogP contribution in [0.25, 0.3) is 0 Å². The molecule has 0 heterocycles. The summed E-state index contributed by atoms with van der Waals surface area (Å²) in [6.45, 7) is 0. The molecule has 120 valence electrons. The van der Waals surface area contributed by atoms with Gasteiger partial charge < -0.3 is 0 Å². The van der Waals surface area contributed by atoms with Gasteiger partial charge in [-0.3, -0.25) is 0 Å². The van der Waals surface area contributed by atoms with E-state index < -0.39 is 0 Å². The van der Waals surface area contributed by atoms with E-state index in [9.17, 15) is 0 Å². The Kier molecular flexibility index (Phi) is 7.04. The molecule has 0 saturated heterocycles. The van der Waals surface area contributed by atoms with Crippen LogP contribution >= 0.6 is 0 Å². The summed E-state index contributed by atoms with van der Waals surface area (Å²) in [6.07, 6.45) is 10.9. The predicted octanol–water partition coefficient (Wildman–Crippen LogP) is 4.07. The second-order valence-electron chi connectivity index (χ2n) is 5.93. The molecule has 2 aromatic carbocycles. The minimum absolute atomic E-state index is 0.493. The molecule has 0 aromatic heterocycles. The van der Waals surface area contributed by atoms with Crippen LogP contribution in [0.2, 0.25) is 4.82 Å². The van der Waals surface area contributed by atoms with Gasteiger partial charge in [0, 0.05) is 0 Å². The summed E-state index contributed by atoms with van der Waals surface area (Å²) < 4.78 is 4.84. The fraction of sp³-hybridized carbons (Fsp3) is 0.333. The zero-order chi connectivity index (χ0) is 15.7. The van der Waals surface area contributed by atoms with E-state index in [0.29, 0.717) is 29.9 Å². The molecule has 1 aliphatic carbocycles. The standard InChI is InChI=1S/C21H24Se2/c1-2-10-16-20(22-18-12-6-4-7-13-18)21(17-11-3-1)23-19-14-8-5-9-15-19/h4-9,12-16,21H,1-3,10-11,17H2/b20-16+. The Morgan fingerprint density at radius 1 is 0.696 bits per heavy atom. The molecule has 1 atom stereocenters. The third kappa shape index (κ3) is 5.66. The Balaban J connectivity index is 1.79. The van der Waals surface area contributed by atoms with Gasteiger partial charge in [-0.25, -0.2) is 0 Å². The van der Waals surface area contributed by atoms with Crippen molar-refractivity contribution >= 4 is 38.8 Å². The van der Waals surface area contributed by atoms with E-state index >= 15 is 0 Å². The van der Waals surface area contributed by atoms with E-state index in [2.05, 4.69) is 66.7 Å². The van der Waals surface area contributed by atoms with Crippen LogP contribution in [-0.2, 0) is 0 Å². The van der Waals surface area contributed by atoms with Crippen molar-refractivity contribution in [1.82, 2.24) is 0 Å². The Morgan fingerprint density at radius 3 is 2.09 bits per heavy atom. The molecule has 23 heavy (non-hydrogen) atoms. The van der Waals surface area contributed by atoms with Crippen molar-refractivity contribution in [2.75, 3.05) is 0 Å².